The van der Waals surface area contributed by atoms with E-state index in [0.29, 0.717) is 6.42 Å². The second kappa shape index (κ2) is 4.99. The lowest BCUT2D eigenvalue weighted by molar-refractivity contribution is 0.134. The standard InChI is InChI=1S/C8H17NO5S2/c1-15(11,12)6-16(13,14)9-5-7-3-2-4-8(7)10/h7-10H,2-6H2,1H3. The van der Waals surface area contributed by atoms with E-state index in [4.69, 9.17) is 0 Å². The van der Waals surface area contributed by atoms with Gasteiger partial charge in [-0.25, -0.2) is 21.6 Å². The molecule has 0 aromatic heterocycles. The predicted molar refractivity (Wildman–Crippen MR) is 60.0 cm³/mol. The molecule has 1 rings (SSSR count). The molecule has 8 heteroatoms. The summed E-state index contributed by atoms with van der Waals surface area (Å²) in [6.07, 6.45) is 2.71. The zero-order valence-corrected chi connectivity index (χ0v) is 10.7. The molecule has 2 unspecified atom stereocenters. The third-order valence-corrected chi connectivity index (χ3v) is 6.11. The largest absolute Gasteiger partial charge is 0.393 e. The molecule has 1 aliphatic rings. The van der Waals surface area contributed by atoms with Crippen molar-refractivity contribution >= 4 is 19.9 Å². The van der Waals surface area contributed by atoms with Crippen LogP contribution in [-0.2, 0) is 19.9 Å². The molecule has 2 atom stereocenters. The number of nitrogens with one attached hydrogen (secondary N) is 1. The summed E-state index contributed by atoms with van der Waals surface area (Å²) >= 11 is 0. The fourth-order valence-electron chi connectivity index (χ4n) is 1.81. The van der Waals surface area contributed by atoms with E-state index in [-0.39, 0.29) is 12.5 Å². The lowest BCUT2D eigenvalue weighted by Crippen LogP contribution is -2.35. The Kier molecular flexibility index (Phi) is 4.33. The SMILES string of the molecule is CS(=O)(=O)CS(=O)(=O)NCC1CCCC1O. The van der Waals surface area contributed by atoms with Crippen LogP contribution in [0.4, 0.5) is 0 Å². The lowest BCUT2D eigenvalue weighted by atomic mass is 10.1. The molecular formula is C8H17NO5S2. The van der Waals surface area contributed by atoms with E-state index in [9.17, 15) is 21.9 Å². The minimum atomic E-state index is -3.80. The van der Waals surface area contributed by atoms with Gasteiger partial charge in [-0.2, -0.15) is 0 Å². The summed E-state index contributed by atoms with van der Waals surface area (Å²) in [5, 5.41) is 8.57. The molecule has 0 aromatic rings. The van der Waals surface area contributed by atoms with Crippen molar-refractivity contribution < 1.29 is 21.9 Å². The Morgan fingerprint density at radius 1 is 1.25 bits per heavy atom. The van der Waals surface area contributed by atoms with Crippen molar-refractivity contribution in [2.24, 2.45) is 5.92 Å². The lowest BCUT2D eigenvalue weighted by Gasteiger charge is -2.14. The van der Waals surface area contributed by atoms with Crippen molar-refractivity contribution in [2.45, 2.75) is 25.4 Å². The van der Waals surface area contributed by atoms with E-state index >= 15 is 0 Å². The third kappa shape index (κ3) is 4.77. The van der Waals surface area contributed by atoms with Crippen LogP contribution in [0.5, 0.6) is 0 Å². The number of aliphatic hydroxyl groups is 1. The van der Waals surface area contributed by atoms with Crippen LogP contribution in [0, 0.1) is 5.92 Å². The van der Waals surface area contributed by atoms with Gasteiger partial charge in [-0.05, 0) is 18.8 Å². The first kappa shape index (κ1) is 13.9. The van der Waals surface area contributed by atoms with Gasteiger partial charge >= 0.3 is 0 Å². The number of sulfone groups is 1. The predicted octanol–water partition coefficient (Wildman–Crippen LogP) is -0.931. The summed E-state index contributed by atoms with van der Waals surface area (Å²) in [4.78, 5) is 0. The average molecular weight is 271 g/mol. The van der Waals surface area contributed by atoms with Crippen LogP contribution >= 0.6 is 0 Å². The van der Waals surface area contributed by atoms with E-state index in [1.807, 2.05) is 0 Å². The summed E-state index contributed by atoms with van der Waals surface area (Å²) in [7, 11) is -7.35. The van der Waals surface area contributed by atoms with Crippen molar-refractivity contribution in [2.75, 3.05) is 17.9 Å². The van der Waals surface area contributed by atoms with Crippen molar-refractivity contribution in [3.63, 3.8) is 0 Å². The minimum absolute atomic E-state index is 0.102. The number of aliphatic hydroxyl groups excluding tert-OH is 1. The Morgan fingerprint density at radius 3 is 2.31 bits per heavy atom. The summed E-state index contributed by atoms with van der Waals surface area (Å²) in [5.41, 5.74) is 0. The molecule has 0 aliphatic heterocycles. The molecule has 0 heterocycles. The van der Waals surface area contributed by atoms with Gasteiger partial charge in [0.1, 0.15) is 0 Å². The Labute approximate surface area is 96.0 Å². The van der Waals surface area contributed by atoms with Crippen molar-refractivity contribution in [1.29, 1.82) is 0 Å². The summed E-state index contributed by atoms with van der Waals surface area (Å²) < 4.78 is 46.6. The molecule has 6 nitrogen and oxygen atoms in total. The minimum Gasteiger partial charge on any atom is -0.393 e. The second-order valence-electron chi connectivity index (χ2n) is 4.27. The zero-order chi connectivity index (χ0) is 12.4. The highest BCUT2D eigenvalue weighted by Gasteiger charge is 2.27. The highest BCUT2D eigenvalue weighted by molar-refractivity contribution is 8.06. The Hall–Kier alpha value is -0.180. The maximum atomic E-state index is 11.3. The number of sulfonamides is 1. The Balaban J connectivity index is 2.48. The van der Waals surface area contributed by atoms with Gasteiger partial charge in [0.15, 0.2) is 14.9 Å². The molecule has 0 bridgehead atoms. The van der Waals surface area contributed by atoms with Crippen LogP contribution < -0.4 is 4.72 Å². The van der Waals surface area contributed by atoms with Gasteiger partial charge in [0.25, 0.3) is 0 Å². The maximum absolute atomic E-state index is 11.3. The van der Waals surface area contributed by atoms with Gasteiger partial charge < -0.3 is 5.11 Å². The Bertz CT molecular complexity index is 427. The number of rotatable bonds is 5. The van der Waals surface area contributed by atoms with E-state index in [1.165, 1.54) is 0 Å². The molecule has 2 N–H and O–H groups in total. The fourth-order valence-corrected chi connectivity index (χ4v) is 4.87. The highest BCUT2D eigenvalue weighted by atomic mass is 32.3. The van der Waals surface area contributed by atoms with E-state index in [2.05, 4.69) is 4.72 Å². The average Bonchev–Trinajstić information content (AvgIpc) is 2.43. The monoisotopic (exact) mass is 271 g/mol. The molecule has 0 saturated heterocycles. The van der Waals surface area contributed by atoms with Crippen LogP contribution in [0.15, 0.2) is 0 Å². The third-order valence-electron chi connectivity index (χ3n) is 2.55. The number of hydrogen-bond acceptors (Lipinski definition) is 5. The van der Waals surface area contributed by atoms with Gasteiger partial charge in [0.2, 0.25) is 10.0 Å². The van der Waals surface area contributed by atoms with Crippen molar-refractivity contribution in [3.8, 4) is 0 Å². The van der Waals surface area contributed by atoms with Gasteiger partial charge in [0, 0.05) is 12.8 Å². The molecule has 0 aromatic carbocycles. The molecular weight excluding hydrogens is 254 g/mol. The van der Waals surface area contributed by atoms with Crippen LogP contribution in [0.3, 0.4) is 0 Å². The smallest absolute Gasteiger partial charge is 0.226 e. The van der Waals surface area contributed by atoms with Gasteiger partial charge in [-0.3, -0.25) is 0 Å². The van der Waals surface area contributed by atoms with Crippen LogP contribution in [-0.4, -0.2) is 45.9 Å². The molecule has 16 heavy (non-hydrogen) atoms. The molecule has 1 fully saturated rings. The molecule has 1 saturated carbocycles. The summed E-state index contributed by atoms with van der Waals surface area (Å²) in [6, 6.07) is 0. The first-order valence-corrected chi connectivity index (χ1v) is 8.74. The quantitative estimate of drug-likeness (QED) is 0.673. The maximum Gasteiger partial charge on any atom is 0.226 e. The summed E-state index contributed by atoms with van der Waals surface area (Å²) in [6.45, 7) is 0.110. The van der Waals surface area contributed by atoms with E-state index < -0.39 is 31.0 Å². The first-order valence-electron chi connectivity index (χ1n) is 5.03. The normalized spacial score (nSPS) is 27.1. The van der Waals surface area contributed by atoms with Gasteiger partial charge in [0.05, 0.1) is 6.10 Å². The molecule has 0 spiro atoms. The summed E-state index contributed by atoms with van der Waals surface area (Å²) in [5.74, 6) is -0.102. The highest BCUT2D eigenvalue weighted by Crippen LogP contribution is 2.24. The molecule has 96 valence electrons. The fraction of sp³-hybridized carbons (Fsp3) is 1.00. The molecule has 1 aliphatic carbocycles. The van der Waals surface area contributed by atoms with Crippen molar-refractivity contribution in [1.82, 2.24) is 4.72 Å². The van der Waals surface area contributed by atoms with Crippen molar-refractivity contribution in [3.05, 3.63) is 0 Å². The molecule has 0 amide bonds. The zero-order valence-electron chi connectivity index (χ0n) is 9.09. The topological polar surface area (TPSA) is 101 Å². The van der Waals surface area contributed by atoms with Crippen LogP contribution in [0.2, 0.25) is 0 Å². The molecule has 0 radical (unpaired) electrons. The van der Waals surface area contributed by atoms with Crippen LogP contribution in [0.25, 0.3) is 0 Å². The first-order chi connectivity index (χ1) is 7.20. The number of hydrogen-bond donors (Lipinski definition) is 2. The van der Waals surface area contributed by atoms with Gasteiger partial charge in [-0.15, -0.1) is 0 Å². The van der Waals surface area contributed by atoms with Crippen LogP contribution in [0.1, 0.15) is 19.3 Å². The van der Waals surface area contributed by atoms with Gasteiger partial charge in [-0.1, -0.05) is 6.42 Å². The second-order valence-corrected chi connectivity index (χ2v) is 8.58. The Morgan fingerprint density at radius 2 is 1.88 bits per heavy atom. The van der Waals surface area contributed by atoms with E-state index in [1.54, 1.807) is 0 Å². The van der Waals surface area contributed by atoms with E-state index in [0.717, 1.165) is 19.1 Å².